The molecule has 0 aliphatic carbocycles. The maximum Gasteiger partial charge on any atom is 0.312 e. The summed E-state index contributed by atoms with van der Waals surface area (Å²) in [4.78, 5) is 36.8. The number of rotatable bonds is 8. The highest BCUT2D eigenvalue weighted by Crippen LogP contribution is 2.21. The molecular weight excluding hydrogens is 340 g/mol. The van der Waals surface area contributed by atoms with Gasteiger partial charge in [-0.05, 0) is 42.5 Å². The molecule has 0 unspecified atom stereocenters. The van der Waals surface area contributed by atoms with Crippen LogP contribution in [0.3, 0.4) is 0 Å². The summed E-state index contributed by atoms with van der Waals surface area (Å²) >= 11 is 1.60. The number of nitrogens with zero attached hydrogens (tertiary/aromatic N) is 1. The van der Waals surface area contributed by atoms with Crippen molar-refractivity contribution in [1.29, 1.82) is 0 Å². The maximum atomic E-state index is 12.2. The SMILES string of the molecule is CSCC[C@H](NC(N)=O)C(=O)NCc1ccc(N2CCCC2=O)cc1. The Balaban J connectivity index is 1.89. The monoisotopic (exact) mass is 364 g/mol. The zero-order valence-corrected chi connectivity index (χ0v) is 15.1. The molecule has 1 aliphatic rings. The van der Waals surface area contributed by atoms with Crippen molar-refractivity contribution in [3.05, 3.63) is 29.8 Å². The summed E-state index contributed by atoms with van der Waals surface area (Å²) in [6, 6.07) is 6.21. The smallest absolute Gasteiger partial charge is 0.312 e. The van der Waals surface area contributed by atoms with Crippen molar-refractivity contribution >= 4 is 35.3 Å². The largest absolute Gasteiger partial charge is 0.352 e. The third kappa shape index (κ3) is 5.67. The Morgan fingerprint density at radius 2 is 2.04 bits per heavy atom. The fraction of sp³-hybridized carbons (Fsp3) is 0.471. The van der Waals surface area contributed by atoms with Crippen LogP contribution in [0.4, 0.5) is 10.5 Å². The maximum absolute atomic E-state index is 12.2. The van der Waals surface area contributed by atoms with Gasteiger partial charge in [-0.25, -0.2) is 4.79 Å². The van der Waals surface area contributed by atoms with E-state index in [1.54, 1.807) is 16.7 Å². The lowest BCUT2D eigenvalue weighted by Gasteiger charge is -2.18. The molecule has 2 rings (SSSR count). The number of hydrogen-bond donors (Lipinski definition) is 3. The number of nitrogens with one attached hydrogen (secondary N) is 2. The van der Waals surface area contributed by atoms with Crippen LogP contribution < -0.4 is 21.3 Å². The van der Waals surface area contributed by atoms with Gasteiger partial charge in [0.2, 0.25) is 11.8 Å². The van der Waals surface area contributed by atoms with E-state index in [1.807, 2.05) is 30.5 Å². The summed E-state index contributed by atoms with van der Waals surface area (Å²) in [5, 5.41) is 5.28. The fourth-order valence-electron chi connectivity index (χ4n) is 2.70. The van der Waals surface area contributed by atoms with E-state index in [4.69, 9.17) is 5.73 Å². The normalized spacial score (nSPS) is 15.1. The first-order valence-electron chi connectivity index (χ1n) is 8.23. The number of anilines is 1. The molecule has 1 heterocycles. The number of carbonyl (C=O) groups excluding carboxylic acids is 3. The van der Waals surface area contributed by atoms with Gasteiger partial charge in [0.15, 0.2) is 0 Å². The van der Waals surface area contributed by atoms with Crippen LogP contribution in [-0.4, -0.2) is 42.4 Å². The molecule has 4 N–H and O–H groups in total. The van der Waals surface area contributed by atoms with Crippen LogP contribution in [0.2, 0.25) is 0 Å². The van der Waals surface area contributed by atoms with Crippen molar-refractivity contribution in [2.45, 2.75) is 31.8 Å². The predicted molar refractivity (Wildman–Crippen MR) is 99.4 cm³/mol. The molecule has 0 aromatic heterocycles. The Labute approximate surface area is 151 Å². The van der Waals surface area contributed by atoms with E-state index >= 15 is 0 Å². The summed E-state index contributed by atoms with van der Waals surface area (Å²) in [5.74, 6) is 0.638. The average molecular weight is 364 g/mol. The minimum atomic E-state index is -0.708. The van der Waals surface area contributed by atoms with Crippen LogP contribution in [0.25, 0.3) is 0 Å². The molecule has 0 bridgehead atoms. The molecule has 4 amide bonds. The van der Waals surface area contributed by atoms with Gasteiger partial charge in [-0.1, -0.05) is 12.1 Å². The van der Waals surface area contributed by atoms with Gasteiger partial charge in [0, 0.05) is 25.2 Å². The van der Waals surface area contributed by atoms with Crippen LogP contribution in [0, 0.1) is 0 Å². The van der Waals surface area contributed by atoms with Gasteiger partial charge in [0.05, 0.1) is 0 Å². The van der Waals surface area contributed by atoms with Crippen LogP contribution in [0.1, 0.15) is 24.8 Å². The van der Waals surface area contributed by atoms with Crippen molar-refractivity contribution in [1.82, 2.24) is 10.6 Å². The van der Waals surface area contributed by atoms with Crippen molar-refractivity contribution in [2.75, 3.05) is 23.5 Å². The highest BCUT2D eigenvalue weighted by molar-refractivity contribution is 7.98. The number of carbonyl (C=O) groups is 3. The molecule has 1 aromatic carbocycles. The third-order valence-corrected chi connectivity index (χ3v) is 4.68. The Kier molecular flexibility index (Phi) is 7.12. The summed E-state index contributed by atoms with van der Waals surface area (Å²) < 4.78 is 0. The van der Waals surface area contributed by atoms with Crippen molar-refractivity contribution < 1.29 is 14.4 Å². The lowest BCUT2D eigenvalue weighted by Crippen LogP contribution is -2.48. The topological polar surface area (TPSA) is 105 Å². The molecule has 1 aromatic rings. The van der Waals surface area contributed by atoms with Gasteiger partial charge in [-0.3, -0.25) is 9.59 Å². The van der Waals surface area contributed by atoms with Crippen molar-refractivity contribution in [3.63, 3.8) is 0 Å². The fourth-order valence-corrected chi connectivity index (χ4v) is 3.17. The van der Waals surface area contributed by atoms with E-state index < -0.39 is 12.1 Å². The summed E-state index contributed by atoms with van der Waals surface area (Å²) in [6.07, 6.45) is 3.95. The zero-order chi connectivity index (χ0) is 18.2. The van der Waals surface area contributed by atoms with Gasteiger partial charge in [0.25, 0.3) is 0 Å². The van der Waals surface area contributed by atoms with Crippen LogP contribution in [0.5, 0.6) is 0 Å². The molecule has 8 heteroatoms. The molecule has 1 aliphatic heterocycles. The molecule has 25 heavy (non-hydrogen) atoms. The second-order valence-electron chi connectivity index (χ2n) is 5.88. The van der Waals surface area contributed by atoms with Gasteiger partial charge in [-0.2, -0.15) is 11.8 Å². The van der Waals surface area contributed by atoms with E-state index in [2.05, 4.69) is 10.6 Å². The Morgan fingerprint density at radius 1 is 1.32 bits per heavy atom. The van der Waals surface area contributed by atoms with E-state index in [0.29, 0.717) is 19.4 Å². The number of benzene rings is 1. The number of primary amides is 1. The van der Waals surface area contributed by atoms with Gasteiger partial charge in [-0.15, -0.1) is 0 Å². The Morgan fingerprint density at radius 3 is 2.60 bits per heavy atom. The van der Waals surface area contributed by atoms with E-state index in [-0.39, 0.29) is 11.8 Å². The number of urea groups is 1. The van der Waals surface area contributed by atoms with E-state index in [9.17, 15) is 14.4 Å². The van der Waals surface area contributed by atoms with Crippen molar-refractivity contribution in [2.24, 2.45) is 5.73 Å². The number of hydrogen-bond acceptors (Lipinski definition) is 4. The van der Waals surface area contributed by atoms with Gasteiger partial charge in [0.1, 0.15) is 6.04 Å². The van der Waals surface area contributed by atoms with Crippen LogP contribution in [0.15, 0.2) is 24.3 Å². The van der Waals surface area contributed by atoms with E-state index in [1.165, 1.54) is 0 Å². The molecule has 0 radical (unpaired) electrons. The minimum Gasteiger partial charge on any atom is -0.352 e. The molecule has 1 atom stereocenters. The first kappa shape index (κ1) is 19.1. The summed E-state index contributed by atoms with van der Waals surface area (Å²) in [7, 11) is 0. The molecule has 0 spiro atoms. The number of thioether (sulfide) groups is 1. The summed E-state index contributed by atoms with van der Waals surface area (Å²) in [5.41, 5.74) is 6.93. The molecule has 7 nitrogen and oxygen atoms in total. The van der Waals surface area contributed by atoms with Gasteiger partial charge >= 0.3 is 6.03 Å². The van der Waals surface area contributed by atoms with Crippen LogP contribution in [-0.2, 0) is 16.1 Å². The first-order valence-corrected chi connectivity index (χ1v) is 9.62. The lowest BCUT2D eigenvalue weighted by molar-refractivity contribution is -0.123. The molecular formula is C17H24N4O3S. The molecule has 1 saturated heterocycles. The van der Waals surface area contributed by atoms with Crippen LogP contribution >= 0.6 is 11.8 Å². The molecule has 0 saturated carbocycles. The number of amides is 4. The Bertz CT molecular complexity index is 621. The second-order valence-corrected chi connectivity index (χ2v) is 6.86. The molecule has 136 valence electrons. The standard InChI is InChI=1S/C17H24N4O3S/c1-25-10-8-14(20-17(18)24)16(23)19-11-12-4-6-13(7-5-12)21-9-2-3-15(21)22/h4-7,14H,2-3,8-11H2,1H3,(H,19,23)(H3,18,20,24)/t14-/m0/s1. The quantitative estimate of drug-likeness (QED) is 0.645. The Hall–Kier alpha value is -2.22. The minimum absolute atomic E-state index is 0.148. The predicted octanol–water partition coefficient (Wildman–Crippen LogP) is 1.22. The van der Waals surface area contributed by atoms with E-state index in [0.717, 1.165) is 30.0 Å². The highest BCUT2D eigenvalue weighted by Gasteiger charge is 2.22. The lowest BCUT2D eigenvalue weighted by atomic mass is 10.1. The first-order chi connectivity index (χ1) is 12.0. The van der Waals surface area contributed by atoms with Crippen molar-refractivity contribution in [3.8, 4) is 0 Å². The second kappa shape index (κ2) is 9.31. The summed E-state index contributed by atoms with van der Waals surface area (Å²) in [6.45, 7) is 1.11. The zero-order valence-electron chi connectivity index (χ0n) is 14.3. The third-order valence-electron chi connectivity index (χ3n) is 4.03. The van der Waals surface area contributed by atoms with Gasteiger partial charge < -0.3 is 21.3 Å². The highest BCUT2D eigenvalue weighted by atomic mass is 32.2. The molecule has 1 fully saturated rings. The average Bonchev–Trinajstić information content (AvgIpc) is 3.02. The number of nitrogens with two attached hydrogens (primary N) is 1.